The summed E-state index contributed by atoms with van der Waals surface area (Å²) in [7, 11) is 0. The summed E-state index contributed by atoms with van der Waals surface area (Å²) in [6.45, 7) is 5.36. The topological polar surface area (TPSA) is 12.0 Å². The van der Waals surface area contributed by atoms with Gasteiger partial charge in [0.25, 0.3) is 0 Å². The van der Waals surface area contributed by atoms with Crippen LogP contribution in [0.4, 0.5) is 4.39 Å². The number of benzene rings is 1. The van der Waals surface area contributed by atoms with Crippen LogP contribution in [0.1, 0.15) is 45.1 Å². The summed E-state index contributed by atoms with van der Waals surface area (Å²) in [5.74, 6) is 1.25. The minimum Gasteiger partial charge on any atom is -0.314 e. The Labute approximate surface area is 126 Å². The van der Waals surface area contributed by atoms with Gasteiger partial charge in [0.15, 0.2) is 0 Å². The Balaban J connectivity index is 2.07. The first-order valence-corrected chi connectivity index (χ1v) is 8.19. The molecular weight excluding hydrogens is 273 g/mol. The smallest absolute Gasteiger partial charge is 0.142 e. The molecule has 2 rings (SSSR count). The van der Waals surface area contributed by atoms with Gasteiger partial charge in [-0.25, -0.2) is 4.39 Å². The molecule has 3 atom stereocenters. The second kappa shape index (κ2) is 7.42. The van der Waals surface area contributed by atoms with Gasteiger partial charge < -0.3 is 5.32 Å². The van der Waals surface area contributed by atoms with Gasteiger partial charge in [-0.15, -0.1) is 0 Å². The molecular formula is C17H25ClFN. The number of rotatable bonds is 6. The lowest BCUT2D eigenvalue weighted by molar-refractivity contribution is 0.348. The molecule has 1 N–H and O–H groups in total. The van der Waals surface area contributed by atoms with Crippen molar-refractivity contribution in [2.24, 2.45) is 11.8 Å². The molecule has 3 heteroatoms. The van der Waals surface area contributed by atoms with Crippen LogP contribution in [0.15, 0.2) is 18.2 Å². The van der Waals surface area contributed by atoms with Gasteiger partial charge in [0, 0.05) is 6.04 Å². The van der Waals surface area contributed by atoms with Gasteiger partial charge in [0.05, 0.1) is 5.02 Å². The maximum atomic E-state index is 13.6. The van der Waals surface area contributed by atoms with E-state index in [1.807, 2.05) is 6.07 Å². The van der Waals surface area contributed by atoms with Crippen LogP contribution < -0.4 is 5.32 Å². The fourth-order valence-electron chi connectivity index (χ4n) is 3.46. The molecule has 0 spiro atoms. The van der Waals surface area contributed by atoms with E-state index in [0.717, 1.165) is 24.4 Å². The van der Waals surface area contributed by atoms with Gasteiger partial charge in [-0.1, -0.05) is 50.4 Å². The molecule has 3 unspecified atom stereocenters. The van der Waals surface area contributed by atoms with E-state index in [1.54, 1.807) is 6.07 Å². The molecule has 0 heterocycles. The molecule has 1 aliphatic rings. The standard InChI is InChI=1S/C17H25ClFN/c1-3-12-8-9-13(10-12)16(20-4-2)11-14-6-5-7-15(19)17(14)18/h5-7,12-13,16,20H,3-4,8-11H2,1-2H3. The average Bonchev–Trinajstić information content (AvgIpc) is 2.92. The Bertz CT molecular complexity index is 435. The summed E-state index contributed by atoms with van der Waals surface area (Å²) in [6, 6.07) is 5.54. The van der Waals surface area contributed by atoms with Crippen molar-refractivity contribution in [1.29, 1.82) is 0 Å². The molecule has 0 bridgehead atoms. The van der Waals surface area contributed by atoms with Crippen LogP contribution in [0.3, 0.4) is 0 Å². The lowest BCUT2D eigenvalue weighted by Crippen LogP contribution is -2.37. The Morgan fingerprint density at radius 3 is 2.80 bits per heavy atom. The van der Waals surface area contributed by atoms with Crippen LogP contribution in [0, 0.1) is 17.7 Å². The minimum atomic E-state index is -0.308. The summed E-state index contributed by atoms with van der Waals surface area (Å²) in [4.78, 5) is 0. The summed E-state index contributed by atoms with van der Waals surface area (Å²) in [5.41, 5.74) is 0.928. The van der Waals surface area contributed by atoms with E-state index in [1.165, 1.54) is 31.7 Å². The van der Waals surface area contributed by atoms with E-state index < -0.39 is 0 Å². The lowest BCUT2D eigenvalue weighted by atomic mass is 9.91. The van der Waals surface area contributed by atoms with E-state index in [4.69, 9.17) is 11.6 Å². The average molecular weight is 298 g/mol. The third-order valence-corrected chi connectivity index (χ3v) is 5.09. The fraction of sp³-hybridized carbons (Fsp3) is 0.647. The van der Waals surface area contributed by atoms with Crippen LogP contribution in [-0.2, 0) is 6.42 Å². The van der Waals surface area contributed by atoms with Crippen LogP contribution >= 0.6 is 11.6 Å². The number of likely N-dealkylation sites (N-methyl/N-ethyl adjacent to an activating group) is 1. The highest BCUT2D eigenvalue weighted by atomic mass is 35.5. The number of hydrogen-bond acceptors (Lipinski definition) is 1. The fourth-order valence-corrected chi connectivity index (χ4v) is 3.66. The Hall–Kier alpha value is -0.600. The normalized spacial score (nSPS) is 24.0. The molecule has 1 nitrogen and oxygen atoms in total. The largest absolute Gasteiger partial charge is 0.314 e. The molecule has 1 aromatic rings. The first-order chi connectivity index (χ1) is 9.65. The summed E-state index contributed by atoms with van der Waals surface area (Å²) < 4.78 is 13.6. The van der Waals surface area contributed by atoms with Gasteiger partial charge in [0.2, 0.25) is 0 Å². The molecule has 0 aliphatic heterocycles. The molecule has 0 saturated heterocycles. The van der Waals surface area contributed by atoms with E-state index in [9.17, 15) is 4.39 Å². The Kier molecular flexibility index (Phi) is 5.86. The summed E-state index contributed by atoms with van der Waals surface area (Å²) in [6.07, 6.45) is 6.01. The van der Waals surface area contributed by atoms with E-state index >= 15 is 0 Å². The third-order valence-electron chi connectivity index (χ3n) is 4.67. The lowest BCUT2D eigenvalue weighted by Gasteiger charge is -2.25. The maximum absolute atomic E-state index is 13.6. The molecule has 0 amide bonds. The molecule has 1 aliphatic carbocycles. The van der Waals surface area contributed by atoms with Gasteiger partial charge in [-0.3, -0.25) is 0 Å². The highest BCUT2D eigenvalue weighted by Crippen LogP contribution is 2.36. The van der Waals surface area contributed by atoms with Gasteiger partial charge in [-0.2, -0.15) is 0 Å². The predicted octanol–water partition coefficient (Wildman–Crippen LogP) is 4.83. The number of nitrogens with one attached hydrogen (secondary N) is 1. The maximum Gasteiger partial charge on any atom is 0.142 e. The van der Waals surface area contributed by atoms with E-state index in [0.29, 0.717) is 17.0 Å². The van der Waals surface area contributed by atoms with Crippen molar-refractivity contribution < 1.29 is 4.39 Å². The molecule has 0 aromatic heterocycles. The highest BCUT2D eigenvalue weighted by molar-refractivity contribution is 6.31. The molecule has 20 heavy (non-hydrogen) atoms. The van der Waals surface area contributed by atoms with Gasteiger partial charge in [-0.05, 0) is 49.3 Å². The van der Waals surface area contributed by atoms with Gasteiger partial charge in [0.1, 0.15) is 5.82 Å². The second-order valence-electron chi connectivity index (χ2n) is 5.93. The third kappa shape index (κ3) is 3.73. The van der Waals surface area contributed by atoms with Crippen molar-refractivity contribution in [3.05, 3.63) is 34.6 Å². The van der Waals surface area contributed by atoms with Crippen LogP contribution in [0.5, 0.6) is 0 Å². The van der Waals surface area contributed by atoms with Crippen molar-refractivity contribution >= 4 is 11.6 Å². The second-order valence-corrected chi connectivity index (χ2v) is 6.31. The zero-order chi connectivity index (χ0) is 14.5. The molecule has 1 fully saturated rings. The quantitative estimate of drug-likeness (QED) is 0.793. The minimum absolute atomic E-state index is 0.292. The molecule has 0 radical (unpaired) electrons. The molecule has 1 aromatic carbocycles. The monoisotopic (exact) mass is 297 g/mol. The first kappa shape index (κ1) is 15.8. The first-order valence-electron chi connectivity index (χ1n) is 7.81. The van der Waals surface area contributed by atoms with Crippen LogP contribution in [0.25, 0.3) is 0 Å². The zero-order valence-corrected chi connectivity index (χ0v) is 13.2. The van der Waals surface area contributed by atoms with Crippen molar-refractivity contribution in [3.63, 3.8) is 0 Å². The van der Waals surface area contributed by atoms with Crippen molar-refractivity contribution in [2.45, 2.75) is 52.0 Å². The SMILES string of the molecule is CCNC(Cc1cccc(F)c1Cl)C1CCC(CC)C1. The highest BCUT2D eigenvalue weighted by Gasteiger charge is 2.30. The summed E-state index contributed by atoms with van der Waals surface area (Å²) in [5, 5.41) is 3.88. The van der Waals surface area contributed by atoms with Crippen LogP contribution in [0.2, 0.25) is 5.02 Å². The van der Waals surface area contributed by atoms with E-state index in [-0.39, 0.29) is 5.82 Å². The summed E-state index contributed by atoms with van der Waals surface area (Å²) >= 11 is 6.10. The number of hydrogen-bond donors (Lipinski definition) is 1. The van der Waals surface area contributed by atoms with Crippen molar-refractivity contribution in [2.75, 3.05) is 6.54 Å². The van der Waals surface area contributed by atoms with E-state index in [2.05, 4.69) is 19.2 Å². The zero-order valence-electron chi connectivity index (χ0n) is 12.5. The van der Waals surface area contributed by atoms with Gasteiger partial charge >= 0.3 is 0 Å². The van der Waals surface area contributed by atoms with Crippen molar-refractivity contribution in [3.8, 4) is 0 Å². The number of halogens is 2. The molecule has 112 valence electrons. The Morgan fingerprint density at radius 2 is 2.15 bits per heavy atom. The molecule has 1 saturated carbocycles. The Morgan fingerprint density at radius 1 is 1.35 bits per heavy atom. The van der Waals surface area contributed by atoms with Crippen LogP contribution in [-0.4, -0.2) is 12.6 Å². The van der Waals surface area contributed by atoms with Crippen molar-refractivity contribution in [1.82, 2.24) is 5.32 Å². The predicted molar refractivity (Wildman–Crippen MR) is 83.7 cm³/mol.